The van der Waals surface area contributed by atoms with Crippen LogP contribution in [-0.2, 0) is 0 Å². The van der Waals surface area contributed by atoms with Crippen molar-refractivity contribution in [2.45, 2.75) is 39.5 Å². The Balaban J connectivity index is 2.78. The van der Waals surface area contributed by atoms with Gasteiger partial charge >= 0.3 is 0 Å². The molecule has 0 saturated carbocycles. The molecule has 6 nitrogen and oxygen atoms in total. The van der Waals surface area contributed by atoms with E-state index in [1.807, 2.05) is 27.7 Å². The largest absolute Gasteiger partial charge is 0.277 e. The molecule has 96 valence electrons. The van der Waals surface area contributed by atoms with Crippen molar-refractivity contribution in [3.05, 3.63) is 22.5 Å². The number of hydrogen-bond acceptors (Lipinski definition) is 5. The van der Waals surface area contributed by atoms with Gasteiger partial charge in [-0.05, 0) is 11.8 Å². The van der Waals surface area contributed by atoms with Gasteiger partial charge in [0.1, 0.15) is 0 Å². The predicted molar refractivity (Wildman–Crippen MR) is 64.9 cm³/mol. The van der Waals surface area contributed by atoms with Crippen molar-refractivity contribution in [2.24, 2.45) is 5.84 Å². The van der Waals surface area contributed by atoms with Crippen molar-refractivity contribution < 1.29 is 9.59 Å². The van der Waals surface area contributed by atoms with Crippen molar-refractivity contribution in [2.75, 3.05) is 0 Å². The highest BCUT2D eigenvalue weighted by Gasteiger charge is 2.40. The van der Waals surface area contributed by atoms with Crippen LogP contribution in [0.5, 0.6) is 0 Å². The minimum absolute atomic E-state index is 0.00992. The van der Waals surface area contributed by atoms with Crippen LogP contribution in [0.4, 0.5) is 0 Å². The summed E-state index contributed by atoms with van der Waals surface area (Å²) in [6.45, 7) is 7.60. The Morgan fingerprint density at radius 1 is 0.889 bits per heavy atom. The number of rotatable bonds is 2. The maximum atomic E-state index is 12.0. The second-order valence-corrected chi connectivity index (χ2v) is 5.01. The molecule has 6 heteroatoms. The molecule has 0 aromatic carbocycles. The van der Waals surface area contributed by atoms with Crippen LogP contribution in [0.1, 0.15) is 71.6 Å². The molecule has 2 heterocycles. The zero-order valence-electron chi connectivity index (χ0n) is 10.9. The fraction of sp³-hybridized carbons (Fsp3) is 0.500. The van der Waals surface area contributed by atoms with E-state index in [1.165, 1.54) is 0 Å². The van der Waals surface area contributed by atoms with E-state index >= 15 is 0 Å². The zero-order chi connectivity index (χ0) is 13.6. The summed E-state index contributed by atoms with van der Waals surface area (Å²) in [4.78, 5) is 24.0. The second kappa shape index (κ2) is 4.13. The molecule has 0 spiro atoms. The molecule has 0 saturated heterocycles. The number of fused-ring (bicyclic) bond motifs is 1. The molecule has 18 heavy (non-hydrogen) atoms. The maximum Gasteiger partial charge on any atom is 0.277 e. The maximum absolute atomic E-state index is 12.0. The number of aromatic nitrogens is 2. The normalized spacial score (nSPS) is 14.9. The summed E-state index contributed by atoms with van der Waals surface area (Å²) >= 11 is 0. The van der Waals surface area contributed by atoms with E-state index in [0.717, 1.165) is 0 Å². The lowest BCUT2D eigenvalue weighted by Crippen LogP contribution is -2.36. The average molecular weight is 248 g/mol. The summed E-state index contributed by atoms with van der Waals surface area (Å²) in [6.07, 6.45) is 0. The van der Waals surface area contributed by atoms with Gasteiger partial charge in [0.25, 0.3) is 11.8 Å². The number of carbonyl (C=O) groups is 2. The summed E-state index contributed by atoms with van der Waals surface area (Å²) in [5, 5.41) is 8.81. The van der Waals surface area contributed by atoms with Crippen molar-refractivity contribution in [3.63, 3.8) is 0 Å². The Kier molecular flexibility index (Phi) is 2.90. The van der Waals surface area contributed by atoms with Gasteiger partial charge < -0.3 is 0 Å². The van der Waals surface area contributed by atoms with Crippen molar-refractivity contribution >= 4 is 11.8 Å². The molecular formula is C12H16N4O2. The summed E-state index contributed by atoms with van der Waals surface area (Å²) in [7, 11) is 0. The monoisotopic (exact) mass is 248 g/mol. The van der Waals surface area contributed by atoms with E-state index in [4.69, 9.17) is 5.84 Å². The van der Waals surface area contributed by atoms with Crippen molar-refractivity contribution in [1.29, 1.82) is 0 Å². The molecule has 0 unspecified atom stereocenters. The fourth-order valence-electron chi connectivity index (χ4n) is 2.04. The van der Waals surface area contributed by atoms with Gasteiger partial charge in [-0.15, -0.1) is 0 Å². The minimum Gasteiger partial charge on any atom is -0.267 e. The lowest BCUT2D eigenvalue weighted by atomic mass is 9.96. The predicted octanol–water partition coefficient (Wildman–Crippen LogP) is 1.19. The highest BCUT2D eigenvalue weighted by Crippen LogP contribution is 2.31. The van der Waals surface area contributed by atoms with Crippen LogP contribution in [0.25, 0.3) is 0 Å². The quantitative estimate of drug-likeness (QED) is 0.482. The van der Waals surface area contributed by atoms with E-state index in [9.17, 15) is 9.59 Å². The number of hydrazine groups is 1. The lowest BCUT2D eigenvalue weighted by Gasteiger charge is -2.11. The number of nitrogens with zero attached hydrogens (tertiary/aromatic N) is 3. The second-order valence-electron chi connectivity index (χ2n) is 5.01. The van der Waals surface area contributed by atoms with Crippen LogP contribution < -0.4 is 5.84 Å². The molecule has 0 atom stereocenters. The van der Waals surface area contributed by atoms with Crippen molar-refractivity contribution in [3.8, 4) is 0 Å². The van der Waals surface area contributed by atoms with Crippen LogP contribution in [0.3, 0.4) is 0 Å². The first-order valence-corrected chi connectivity index (χ1v) is 5.90. The fourth-order valence-corrected chi connectivity index (χ4v) is 2.04. The molecule has 2 amide bonds. The molecule has 0 fully saturated rings. The Bertz CT molecular complexity index is 490. The third kappa shape index (κ3) is 1.60. The topological polar surface area (TPSA) is 89.2 Å². The third-order valence-electron chi connectivity index (χ3n) is 2.99. The van der Waals surface area contributed by atoms with Crippen molar-refractivity contribution in [1.82, 2.24) is 15.2 Å². The van der Waals surface area contributed by atoms with Gasteiger partial charge in [-0.25, -0.2) is 10.9 Å². The van der Waals surface area contributed by atoms with Gasteiger partial charge in [0.2, 0.25) is 0 Å². The SMILES string of the molecule is CC(C)c1nnc(C(C)C)c2c1C(=O)N(N)C2=O. The third-order valence-corrected chi connectivity index (χ3v) is 2.99. The summed E-state index contributed by atoms with van der Waals surface area (Å²) < 4.78 is 0. The first-order chi connectivity index (χ1) is 8.36. The van der Waals surface area contributed by atoms with E-state index in [-0.39, 0.29) is 11.8 Å². The molecule has 2 N–H and O–H groups in total. The van der Waals surface area contributed by atoms with E-state index in [1.54, 1.807) is 0 Å². The molecular weight excluding hydrogens is 232 g/mol. The minimum atomic E-state index is -0.490. The van der Waals surface area contributed by atoms with Gasteiger partial charge in [-0.1, -0.05) is 27.7 Å². The Hall–Kier alpha value is -1.82. The van der Waals surface area contributed by atoms with E-state index < -0.39 is 11.8 Å². The van der Waals surface area contributed by atoms with Crippen LogP contribution >= 0.6 is 0 Å². The molecule has 0 bridgehead atoms. The van der Waals surface area contributed by atoms with Gasteiger partial charge in [0.05, 0.1) is 22.5 Å². The smallest absolute Gasteiger partial charge is 0.267 e. The lowest BCUT2D eigenvalue weighted by molar-refractivity contribution is 0.0653. The number of carbonyl (C=O) groups excluding carboxylic acids is 2. The Morgan fingerprint density at radius 2 is 1.22 bits per heavy atom. The number of nitrogens with two attached hydrogens (primary N) is 1. The molecule has 1 aliphatic heterocycles. The summed E-state index contributed by atoms with van der Waals surface area (Å²) in [6, 6.07) is 0. The molecule has 1 aliphatic rings. The highest BCUT2D eigenvalue weighted by atomic mass is 16.2. The zero-order valence-corrected chi connectivity index (χ0v) is 10.9. The van der Waals surface area contributed by atoms with Gasteiger partial charge in [-0.2, -0.15) is 10.2 Å². The van der Waals surface area contributed by atoms with Crippen LogP contribution in [0.15, 0.2) is 0 Å². The van der Waals surface area contributed by atoms with Gasteiger partial charge in [0, 0.05) is 0 Å². The van der Waals surface area contributed by atoms with Gasteiger partial charge in [-0.3, -0.25) is 9.59 Å². The van der Waals surface area contributed by atoms with E-state index in [2.05, 4.69) is 10.2 Å². The molecule has 0 aliphatic carbocycles. The Morgan fingerprint density at radius 3 is 1.50 bits per heavy atom. The van der Waals surface area contributed by atoms with Crippen LogP contribution in [0, 0.1) is 0 Å². The number of hydrogen-bond donors (Lipinski definition) is 1. The number of imide groups is 1. The first kappa shape index (κ1) is 12.6. The molecule has 1 aromatic rings. The standard InChI is InChI=1S/C12H16N4O2/c1-5(2)9-7-8(10(6(3)4)15-14-9)12(18)16(13)11(7)17/h5-6H,13H2,1-4H3. The summed E-state index contributed by atoms with van der Waals surface area (Å²) in [5.74, 6) is 4.53. The first-order valence-electron chi connectivity index (χ1n) is 5.90. The number of amides is 2. The van der Waals surface area contributed by atoms with Gasteiger partial charge in [0.15, 0.2) is 0 Å². The molecule has 2 rings (SSSR count). The molecule has 1 aromatic heterocycles. The average Bonchev–Trinajstić information content (AvgIpc) is 2.53. The summed E-state index contributed by atoms with van der Waals surface area (Å²) in [5.41, 5.74) is 1.69. The van der Waals surface area contributed by atoms with Crippen LogP contribution in [0.2, 0.25) is 0 Å². The van der Waals surface area contributed by atoms with E-state index in [0.29, 0.717) is 27.5 Å². The highest BCUT2D eigenvalue weighted by molar-refractivity contribution is 6.21. The Labute approximate surface area is 105 Å². The van der Waals surface area contributed by atoms with Crippen LogP contribution in [-0.4, -0.2) is 27.0 Å². The molecule has 0 radical (unpaired) electrons.